The van der Waals surface area contributed by atoms with E-state index in [4.69, 9.17) is 0 Å². The minimum Gasteiger partial charge on any atom is -0.336 e. The van der Waals surface area contributed by atoms with Crippen LogP contribution in [-0.2, 0) is 0 Å². The largest absolute Gasteiger partial charge is 0.336 e. The van der Waals surface area contributed by atoms with Crippen molar-refractivity contribution in [2.24, 2.45) is 5.92 Å². The number of hydrogen-bond acceptors (Lipinski definition) is 2. The Labute approximate surface area is 133 Å². The second-order valence-electron chi connectivity index (χ2n) is 5.76. The molecular weight excluding hydrogens is 369 g/mol. The molecule has 19 heavy (non-hydrogen) atoms. The van der Waals surface area contributed by atoms with E-state index in [2.05, 4.69) is 41.3 Å². The van der Waals surface area contributed by atoms with E-state index >= 15 is 0 Å². The number of rotatable bonds is 5. The first-order chi connectivity index (χ1) is 9.08. The van der Waals surface area contributed by atoms with Gasteiger partial charge in [0.2, 0.25) is 0 Å². The molecule has 106 valence electrons. The third-order valence-electron chi connectivity index (χ3n) is 3.79. The molecule has 2 nitrogen and oxygen atoms in total. The molecule has 0 bridgehead atoms. The lowest BCUT2D eigenvalue weighted by atomic mass is 10.1. The molecule has 0 radical (unpaired) electrons. The third-order valence-corrected chi connectivity index (χ3v) is 5.58. The normalized spacial score (nSPS) is 16.2. The van der Waals surface area contributed by atoms with Crippen molar-refractivity contribution in [2.75, 3.05) is 6.54 Å². The molecule has 0 N–H and O–H groups in total. The Balaban J connectivity index is 2.09. The summed E-state index contributed by atoms with van der Waals surface area (Å²) in [6, 6.07) is 2.49. The van der Waals surface area contributed by atoms with Crippen LogP contribution in [0.25, 0.3) is 0 Å². The molecule has 1 heterocycles. The fraction of sp³-hybridized carbons (Fsp3) is 0.667. The van der Waals surface area contributed by atoms with Gasteiger partial charge in [-0.15, -0.1) is 11.3 Å². The van der Waals surface area contributed by atoms with Crippen LogP contribution in [0.5, 0.6) is 0 Å². The first-order valence-electron chi connectivity index (χ1n) is 7.13. The molecule has 1 fully saturated rings. The number of carbonyl (C=O) groups excluding carboxylic acids is 1. The minimum atomic E-state index is 0.242. The van der Waals surface area contributed by atoms with Gasteiger partial charge in [-0.2, -0.15) is 0 Å². The van der Waals surface area contributed by atoms with Crippen LogP contribution in [0.3, 0.4) is 0 Å². The molecule has 1 saturated carbocycles. The number of hydrogen-bond donors (Lipinski definition) is 0. The quantitative estimate of drug-likeness (QED) is 0.662. The molecule has 1 aromatic heterocycles. The summed E-state index contributed by atoms with van der Waals surface area (Å²) in [6.45, 7) is 5.36. The third kappa shape index (κ3) is 4.18. The summed E-state index contributed by atoms with van der Waals surface area (Å²) in [5, 5.41) is 2.00. The van der Waals surface area contributed by atoms with E-state index in [1.54, 1.807) is 11.3 Å². The van der Waals surface area contributed by atoms with Gasteiger partial charge in [0, 0.05) is 18.0 Å². The highest BCUT2D eigenvalue weighted by molar-refractivity contribution is 14.1. The average molecular weight is 391 g/mol. The van der Waals surface area contributed by atoms with Crippen molar-refractivity contribution in [3.8, 4) is 0 Å². The number of carbonyl (C=O) groups is 1. The SMILES string of the molecule is CC(C)CCN(C(=O)c1csc(I)c1)C1CCCC1. The smallest absolute Gasteiger partial charge is 0.254 e. The lowest BCUT2D eigenvalue weighted by molar-refractivity contribution is 0.0672. The van der Waals surface area contributed by atoms with Crippen molar-refractivity contribution in [3.63, 3.8) is 0 Å². The fourth-order valence-corrected chi connectivity index (χ4v) is 3.97. The van der Waals surface area contributed by atoms with Gasteiger partial charge in [0.15, 0.2) is 0 Å². The van der Waals surface area contributed by atoms with Crippen molar-refractivity contribution in [1.82, 2.24) is 4.90 Å². The van der Waals surface area contributed by atoms with Crippen molar-refractivity contribution in [1.29, 1.82) is 0 Å². The van der Waals surface area contributed by atoms with E-state index in [9.17, 15) is 4.79 Å². The maximum Gasteiger partial charge on any atom is 0.254 e. The van der Waals surface area contributed by atoms with Gasteiger partial charge in [0.05, 0.1) is 8.45 Å². The zero-order valence-corrected chi connectivity index (χ0v) is 14.7. The first kappa shape index (κ1) is 15.3. The molecule has 1 aromatic rings. The first-order valence-corrected chi connectivity index (χ1v) is 9.08. The van der Waals surface area contributed by atoms with E-state index in [-0.39, 0.29) is 5.91 Å². The lowest BCUT2D eigenvalue weighted by Gasteiger charge is -2.29. The highest BCUT2D eigenvalue weighted by atomic mass is 127. The minimum absolute atomic E-state index is 0.242. The van der Waals surface area contributed by atoms with Crippen LogP contribution in [0.1, 0.15) is 56.3 Å². The zero-order valence-electron chi connectivity index (χ0n) is 11.7. The topological polar surface area (TPSA) is 20.3 Å². The molecule has 1 aliphatic carbocycles. The Kier molecular flexibility index (Phi) is 5.69. The maximum absolute atomic E-state index is 12.7. The summed E-state index contributed by atoms with van der Waals surface area (Å²) in [4.78, 5) is 14.8. The Hall–Kier alpha value is -0.100. The Morgan fingerprint density at radius 1 is 1.47 bits per heavy atom. The van der Waals surface area contributed by atoms with Gasteiger partial charge in [-0.3, -0.25) is 4.79 Å². The van der Waals surface area contributed by atoms with E-state index in [0.717, 1.165) is 18.5 Å². The van der Waals surface area contributed by atoms with E-state index < -0.39 is 0 Å². The van der Waals surface area contributed by atoms with Crippen molar-refractivity contribution in [2.45, 2.75) is 52.0 Å². The molecule has 2 rings (SSSR count). The lowest BCUT2D eigenvalue weighted by Crippen LogP contribution is -2.39. The van der Waals surface area contributed by atoms with Crippen LogP contribution in [0.2, 0.25) is 0 Å². The standard InChI is InChI=1S/C15H22INOS/c1-11(2)7-8-17(13-5-3-4-6-13)15(18)12-9-14(16)19-10-12/h9-11,13H,3-8H2,1-2H3. The highest BCUT2D eigenvalue weighted by Crippen LogP contribution is 2.27. The van der Waals surface area contributed by atoms with Gasteiger partial charge in [-0.05, 0) is 53.8 Å². The summed E-state index contributed by atoms with van der Waals surface area (Å²) >= 11 is 3.94. The molecule has 0 aliphatic heterocycles. The predicted molar refractivity (Wildman–Crippen MR) is 89.8 cm³/mol. The summed E-state index contributed by atoms with van der Waals surface area (Å²) in [6.07, 6.45) is 6.02. The fourth-order valence-electron chi connectivity index (χ4n) is 2.65. The van der Waals surface area contributed by atoms with Gasteiger partial charge in [0.1, 0.15) is 0 Å². The monoisotopic (exact) mass is 391 g/mol. The second kappa shape index (κ2) is 7.07. The van der Waals surface area contributed by atoms with Crippen LogP contribution in [0.4, 0.5) is 0 Å². The molecule has 1 aliphatic rings. The summed E-state index contributed by atoms with van der Waals surface area (Å²) in [7, 11) is 0. The highest BCUT2D eigenvalue weighted by Gasteiger charge is 2.27. The predicted octanol–water partition coefficient (Wildman–Crippen LogP) is 4.78. The Morgan fingerprint density at radius 2 is 2.16 bits per heavy atom. The van der Waals surface area contributed by atoms with Gasteiger partial charge < -0.3 is 4.90 Å². The zero-order chi connectivity index (χ0) is 13.8. The van der Waals surface area contributed by atoms with Gasteiger partial charge in [-0.1, -0.05) is 26.7 Å². The average Bonchev–Trinajstić information content (AvgIpc) is 3.00. The van der Waals surface area contributed by atoms with Gasteiger partial charge in [0.25, 0.3) is 5.91 Å². The Bertz CT molecular complexity index is 424. The van der Waals surface area contributed by atoms with E-state index in [1.165, 1.54) is 28.6 Å². The van der Waals surface area contributed by atoms with E-state index in [1.807, 2.05) is 11.4 Å². The summed E-state index contributed by atoms with van der Waals surface area (Å²) in [5.41, 5.74) is 0.880. The molecule has 1 amide bonds. The molecule has 0 unspecified atom stereocenters. The van der Waals surface area contributed by atoms with Crippen LogP contribution in [0.15, 0.2) is 11.4 Å². The summed E-state index contributed by atoms with van der Waals surface area (Å²) < 4.78 is 1.19. The molecule has 0 atom stereocenters. The van der Waals surface area contributed by atoms with Crippen molar-refractivity contribution in [3.05, 3.63) is 19.9 Å². The molecule has 0 spiro atoms. The number of thiophene rings is 1. The van der Waals surface area contributed by atoms with Crippen molar-refractivity contribution >= 4 is 39.8 Å². The molecule has 0 aromatic carbocycles. The van der Waals surface area contributed by atoms with Crippen LogP contribution in [-0.4, -0.2) is 23.4 Å². The van der Waals surface area contributed by atoms with Gasteiger partial charge in [-0.25, -0.2) is 0 Å². The maximum atomic E-state index is 12.7. The molecular formula is C15H22INOS. The van der Waals surface area contributed by atoms with Gasteiger partial charge >= 0.3 is 0 Å². The second-order valence-corrected chi connectivity index (χ2v) is 8.56. The van der Waals surface area contributed by atoms with Crippen LogP contribution >= 0.6 is 33.9 Å². The Morgan fingerprint density at radius 3 is 2.68 bits per heavy atom. The summed E-state index contributed by atoms with van der Waals surface area (Å²) in [5.74, 6) is 0.894. The van der Waals surface area contributed by atoms with Crippen LogP contribution in [0, 0.1) is 8.80 Å². The van der Waals surface area contributed by atoms with E-state index in [0.29, 0.717) is 12.0 Å². The number of halogens is 1. The number of amides is 1. The van der Waals surface area contributed by atoms with Crippen LogP contribution < -0.4 is 0 Å². The molecule has 4 heteroatoms. The number of nitrogens with zero attached hydrogens (tertiary/aromatic N) is 1. The van der Waals surface area contributed by atoms with Crippen molar-refractivity contribution < 1.29 is 4.79 Å². The molecule has 0 saturated heterocycles.